The van der Waals surface area contributed by atoms with E-state index in [0.717, 1.165) is 32.3 Å². The summed E-state index contributed by atoms with van der Waals surface area (Å²) in [6.07, 6.45) is -10.6. The van der Waals surface area contributed by atoms with Gasteiger partial charge in [0.1, 0.15) is 0 Å². The molecular formula is C72H51BF6O5P2. The van der Waals surface area contributed by atoms with E-state index in [-0.39, 0.29) is 6.07 Å². The van der Waals surface area contributed by atoms with Crippen LogP contribution in [0.3, 0.4) is 0 Å². The van der Waals surface area contributed by atoms with Gasteiger partial charge in [0.2, 0.25) is 0 Å². The topological polar surface area (TPSA) is 46.2 Å². The SMILES string of the molecule is FC(F)(F)c1cc(OB(OP(Oc2cc3ccccc3c3ccccc23)(c2ccccc2)(c2ccccc2)c2ccccc2)OP(Oc2cc3ccccc3c3ccccc23)(c2ccccc2)(c2ccccc2)c2ccccc2)cc(C(F)(F)F)c1. The molecule has 13 rings (SSSR count). The van der Waals surface area contributed by atoms with Gasteiger partial charge in [-0.1, -0.05) is 0 Å². The van der Waals surface area contributed by atoms with Crippen molar-refractivity contribution in [2.24, 2.45) is 0 Å². The molecule has 0 radical (unpaired) electrons. The predicted molar refractivity (Wildman–Crippen MR) is 339 cm³/mol. The third-order valence-corrected chi connectivity index (χ3v) is 25.4. The van der Waals surface area contributed by atoms with Crippen molar-refractivity contribution in [3.05, 3.63) is 321 Å². The average molecular weight is 1180 g/mol. The summed E-state index contributed by atoms with van der Waals surface area (Å²) < 4.78 is 132. The Balaban J connectivity index is 1.21. The Morgan fingerprint density at radius 1 is 0.267 bits per heavy atom. The van der Waals surface area contributed by atoms with E-state index in [1.165, 1.54) is 0 Å². The van der Waals surface area contributed by atoms with Crippen LogP contribution in [-0.4, -0.2) is 7.32 Å². The van der Waals surface area contributed by atoms with Gasteiger partial charge in [-0.2, -0.15) is 0 Å². The van der Waals surface area contributed by atoms with Crippen molar-refractivity contribution in [2.45, 2.75) is 12.4 Å². The molecule has 424 valence electrons. The molecule has 0 bridgehead atoms. The van der Waals surface area contributed by atoms with Crippen molar-refractivity contribution in [1.82, 2.24) is 0 Å². The number of hydrogen-bond acceptors (Lipinski definition) is 5. The van der Waals surface area contributed by atoms with Gasteiger partial charge in [0, 0.05) is 0 Å². The fraction of sp³-hybridized carbons (Fsp3) is 0.0278. The molecule has 0 saturated carbocycles. The Bertz CT molecular complexity index is 4100. The van der Waals surface area contributed by atoms with Gasteiger partial charge in [-0.15, -0.1) is 0 Å². The molecule has 0 aliphatic rings. The van der Waals surface area contributed by atoms with E-state index in [2.05, 4.69) is 0 Å². The third kappa shape index (κ3) is 9.50. The normalized spacial score (nSPS) is 13.1. The van der Waals surface area contributed by atoms with Crippen LogP contribution in [-0.2, 0) is 21.2 Å². The molecule has 0 fully saturated rings. The number of rotatable bonds is 16. The van der Waals surface area contributed by atoms with Crippen molar-refractivity contribution < 1.29 is 48.9 Å². The minimum absolute atomic E-state index is 0.0569. The van der Waals surface area contributed by atoms with E-state index >= 15 is 26.3 Å². The van der Waals surface area contributed by atoms with Gasteiger partial charge in [-0.3, -0.25) is 0 Å². The van der Waals surface area contributed by atoms with Gasteiger partial charge < -0.3 is 0 Å². The first-order valence-electron chi connectivity index (χ1n) is 27.7. The fourth-order valence-corrected chi connectivity index (χ4v) is 21.3. The third-order valence-electron chi connectivity index (χ3n) is 15.7. The standard InChI is InChI=1S/C72H51BF6O5P2/c74-71(75,76)54-49-55(72(77,78)79)51-56(50-54)80-73(83-85(57-29-7-1-8-30-57,58-31-9-2-10-32-58,59-33-11-3-12-34-59)81-69-47-52-27-19-21-41-63(52)65-43-23-25-45-67(65)69)84-86(60-35-13-4-14-36-60,61-37-15-5-16-38-61,62-39-17-6-18-40-62)82-70-48-53-28-20-22-42-64(53)66-44-24-26-46-68(66)70/h1-51H. The van der Waals surface area contributed by atoms with Crippen LogP contribution in [0.2, 0.25) is 0 Å². The molecule has 0 heterocycles. The summed E-state index contributed by atoms with van der Waals surface area (Å²) in [6, 6.07) is 91.0. The summed E-state index contributed by atoms with van der Waals surface area (Å²) in [5.74, 6) is -0.228. The minimum atomic E-state index is -5.65. The van der Waals surface area contributed by atoms with Crippen molar-refractivity contribution >= 4 is 96.4 Å². The summed E-state index contributed by atoms with van der Waals surface area (Å²) in [6.45, 7) is 0. The van der Waals surface area contributed by atoms with E-state index in [1.54, 1.807) is 0 Å². The number of fused-ring (bicyclic) bond motifs is 6. The van der Waals surface area contributed by atoms with Crippen LogP contribution in [0.15, 0.2) is 309 Å². The van der Waals surface area contributed by atoms with Crippen molar-refractivity contribution in [2.75, 3.05) is 0 Å². The molecule has 86 heavy (non-hydrogen) atoms. The zero-order valence-corrected chi connectivity index (χ0v) is 47.5. The summed E-state index contributed by atoms with van der Waals surface area (Å²) in [5.41, 5.74) is -3.26. The van der Waals surface area contributed by atoms with Gasteiger partial charge in [0.15, 0.2) is 0 Å². The molecule has 0 spiro atoms. The van der Waals surface area contributed by atoms with Crippen LogP contribution in [0.1, 0.15) is 11.1 Å². The van der Waals surface area contributed by atoms with Crippen LogP contribution in [0.4, 0.5) is 26.3 Å². The van der Waals surface area contributed by atoms with E-state index in [4.69, 9.17) is 22.6 Å². The summed E-state index contributed by atoms with van der Waals surface area (Å²) in [7, 11) is -13.7. The van der Waals surface area contributed by atoms with Gasteiger partial charge in [-0.05, 0) is 0 Å². The fourth-order valence-electron chi connectivity index (χ4n) is 11.9. The predicted octanol–water partition coefficient (Wildman–Crippen LogP) is 17.6. The molecule has 0 aliphatic heterocycles. The van der Waals surface area contributed by atoms with Crippen molar-refractivity contribution in [3.8, 4) is 17.2 Å². The van der Waals surface area contributed by atoms with E-state index in [9.17, 15) is 0 Å². The molecule has 13 aromatic rings. The average Bonchev–Trinajstić information content (AvgIpc) is 0.692. The quantitative estimate of drug-likeness (QED) is 0.0418. The van der Waals surface area contributed by atoms with Crippen LogP contribution >= 0.6 is 14.1 Å². The molecule has 0 saturated heterocycles. The Kier molecular flexibility index (Phi) is 14.3. The summed E-state index contributed by atoms with van der Waals surface area (Å²) in [5, 5.41) is 8.99. The maximum absolute atomic E-state index is 15.3. The first-order valence-corrected chi connectivity index (χ1v) is 31.8. The molecule has 0 aliphatic carbocycles. The van der Waals surface area contributed by atoms with Crippen LogP contribution in [0, 0.1) is 0 Å². The van der Waals surface area contributed by atoms with Crippen LogP contribution in [0.5, 0.6) is 17.2 Å². The van der Waals surface area contributed by atoms with Gasteiger partial charge in [-0.25, -0.2) is 0 Å². The molecule has 13 aromatic carbocycles. The van der Waals surface area contributed by atoms with Gasteiger partial charge in [0.25, 0.3) is 0 Å². The van der Waals surface area contributed by atoms with E-state index in [0.29, 0.717) is 66.2 Å². The molecule has 0 amide bonds. The van der Waals surface area contributed by atoms with Crippen molar-refractivity contribution in [3.63, 3.8) is 0 Å². The number of alkyl halides is 6. The second kappa shape index (κ2) is 22.0. The Morgan fingerprint density at radius 2 is 0.523 bits per heavy atom. The molecule has 5 nitrogen and oxygen atoms in total. The first-order chi connectivity index (χ1) is 41.8. The number of benzene rings is 13. The molecule has 0 atom stereocenters. The summed E-state index contributed by atoms with van der Waals surface area (Å²) >= 11 is 0. The molecule has 0 N–H and O–H groups in total. The molecule has 0 aromatic heterocycles. The van der Waals surface area contributed by atoms with E-state index < -0.39 is 50.7 Å². The van der Waals surface area contributed by atoms with Crippen molar-refractivity contribution in [1.29, 1.82) is 0 Å². The Hall–Kier alpha value is -9.28. The van der Waals surface area contributed by atoms with E-state index in [1.807, 2.05) is 291 Å². The second-order valence-corrected chi connectivity index (χ2v) is 28.5. The number of hydrogen-bond donors (Lipinski definition) is 0. The monoisotopic (exact) mass is 1180 g/mol. The van der Waals surface area contributed by atoms with Gasteiger partial charge in [0.05, 0.1) is 0 Å². The summed E-state index contributed by atoms with van der Waals surface area (Å²) in [4.78, 5) is 0. The molecule has 0 unspecified atom stereocenters. The number of halogens is 6. The molecule has 14 heteroatoms. The zero-order chi connectivity index (χ0) is 59.0. The van der Waals surface area contributed by atoms with Crippen LogP contribution in [0.25, 0.3) is 43.1 Å². The second-order valence-electron chi connectivity index (χ2n) is 20.8. The first kappa shape index (κ1) is 55.9. The zero-order valence-electron chi connectivity index (χ0n) is 45.7. The molecular weight excluding hydrogens is 1130 g/mol. The Morgan fingerprint density at radius 3 is 0.814 bits per heavy atom. The van der Waals surface area contributed by atoms with Crippen LogP contribution < -0.4 is 45.5 Å². The van der Waals surface area contributed by atoms with Gasteiger partial charge >= 0.3 is 495 Å². The maximum atomic E-state index is 15.3. The Labute approximate surface area is 493 Å².